The maximum atomic E-state index is 12.3. The highest BCUT2D eigenvalue weighted by molar-refractivity contribution is 7.13. The van der Waals surface area contributed by atoms with Crippen LogP contribution in [-0.2, 0) is 11.2 Å². The molecular weight excluding hydrogens is 328 g/mol. The summed E-state index contributed by atoms with van der Waals surface area (Å²) >= 11 is 1.57. The first-order valence-electron chi connectivity index (χ1n) is 8.55. The molecule has 1 heterocycles. The Hall–Kier alpha value is -2.46. The average Bonchev–Trinajstić information content (AvgIpc) is 3.10. The SMILES string of the molecule is CC[C@H](C)c1ccc(NC(=O)Cc2csc(-c3ccccc3)n2)cc1. The highest BCUT2D eigenvalue weighted by Gasteiger charge is 2.10. The van der Waals surface area contributed by atoms with Gasteiger partial charge in [-0.15, -0.1) is 11.3 Å². The quantitative estimate of drug-likeness (QED) is 0.637. The van der Waals surface area contributed by atoms with E-state index in [0.29, 0.717) is 5.92 Å². The Kier molecular flexibility index (Phi) is 5.61. The lowest BCUT2D eigenvalue weighted by Gasteiger charge is -2.10. The van der Waals surface area contributed by atoms with Crippen molar-refractivity contribution in [1.82, 2.24) is 4.98 Å². The maximum Gasteiger partial charge on any atom is 0.230 e. The third-order valence-corrected chi connectivity index (χ3v) is 5.23. The maximum absolute atomic E-state index is 12.3. The fraction of sp³-hybridized carbons (Fsp3) is 0.238. The van der Waals surface area contributed by atoms with Crippen molar-refractivity contribution >= 4 is 22.9 Å². The van der Waals surface area contributed by atoms with Crippen LogP contribution in [0.3, 0.4) is 0 Å². The fourth-order valence-electron chi connectivity index (χ4n) is 2.60. The lowest BCUT2D eigenvalue weighted by Crippen LogP contribution is -2.14. The first kappa shape index (κ1) is 17.4. The molecule has 0 spiro atoms. The van der Waals surface area contributed by atoms with Gasteiger partial charge in [-0.3, -0.25) is 4.79 Å². The Morgan fingerprint density at radius 3 is 2.52 bits per heavy atom. The van der Waals surface area contributed by atoms with Crippen molar-refractivity contribution in [2.24, 2.45) is 0 Å². The van der Waals surface area contributed by atoms with Gasteiger partial charge in [0.15, 0.2) is 0 Å². The minimum atomic E-state index is -0.0406. The number of rotatable bonds is 6. The van der Waals surface area contributed by atoms with Crippen molar-refractivity contribution in [2.75, 3.05) is 5.32 Å². The van der Waals surface area contributed by atoms with E-state index in [0.717, 1.165) is 28.4 Å². The smallest absolute Gasteiger partial charge is 0.230 e. The molecule has 0 radical (unpaired) electrons. The third-order valence-electron chi connectivity index (χ3n) is 4.29. The Labute approximate surface area is 152 Å². The first-order valence-corrected chi connectivity index (χ1v) is 9.43. The van der Waals surface area contributed by atoms with Crippen molar-refractivity contribution in [3.05, 3.63) is 71.2 Å². The number of carbonyl (C=O) groups is 1. The van der Waals surface area contributed by atoms with Gasteiger partial charge in [-0.05, 0) is 30.0 Å². The Morgan fingerprint density at radius 2 is 1.84 bits per heavy atom. The number of anilines is 1. The lowest BCUT2D eigenvalue weighted by atomic mass is 9.99. The minimum absolute atomic E-state index is 0.0406. The monoisotopic (exact) mass is 350 g/mol. The third kappa shape index (κ3) is 4.54. The normalized spacial score (nSPS) is 11.9. The van der Waals surface area contributed by atoms with Crippen molar-refractivity contribution in [3.8, 4) is 10.6 Å². The van der Waals surface area contributed by atoms with E-state index in [-0.39, 0.29) is 12.3 Å². The van der Waals surface area contributed by atoms with Crippen molar-refractivity contribution in [1.29, 1.82) is 0 Å². The van der Waals surface area contributed by atoms with E-state index in [9.17, 15) is 4.79 Å². The molecule has 0 fully saturated rings. The second-order valence-corrected chi connectivity index (χ2v) is 7.02. The number of hydrogen-bond donors (Lipinski definition) is 1. The highest BCUT2D eigenvalue weighted by atomic mass is 32.1. The summed E-state index contributed by atoms with van der Waals surface area (Å²) in [6, 6.07) is 18.1. The van der Waals surface area contributed by atoms with Gasteiger partial charge in [-0.1, -0.05) is 56.3 Å². The largest absolute Gasteiger partial charge is 0.326 e. The van der Waals surface area contributed by atoms with Gasteiger partial charge in [0.25, 0.3) is 0 Å². The Bertz CT molecular complexity index is 825. The summed E-state index contributed by atoms with van der Waals surface area (Å²) in [5.74, 6) is 0.498. The van der Waals surface area contributed by atoms with Gasteiger partial charge >= 0.3 is 0 Å². The zero-order valence-electron chi connectivity index (χ0n) is 14.5. The summed E-state index contributed by atoms with van der Waals surface area (Å²) in [6.07, 6.45) is 1.40. The van der Waals surface area contributed by atoms with Gasteiger partial charge in [0.1, 0.15) is 5.01 Å². The van der Waals surface area contributed by atoms with Gasteiger partial charge in [-0.2, -0.15) is 0 Å². The summed E-state index contributed by atoms with van der Waals surface area (Å²) < 4.78 is 0. The molecule has 0 saturated heterocycles. The van der Waals surface area contributed by atoms with Crippen LogP contribution in [0, 0.1) is 0 Å². The second-order valence-electron chi connectivity index (χ2n) is 6.17. The van der Waals surface area contributed by atoms with Crippen LogP contribution < -0.4 is 5.32 Å². The summed E-state index contributed by atoms with van der Waals surface area (Å²) in [6.45, 7) is 4.39. The van der Waals surface area contributed by atoms with E-state index >= 15 is 0 Å². The molecular formula is C21H22N2OS. The van der Waals surface area contributed by atoms with Gasteiger partial charge in [-0.25, -0.2) is 4.98 Å². The number of hydrogen-bond acceptors (Lipinski definition) is 3. The molecule has 3 rings (SSSR count). The summed E-state index contributed by atoms with van der Waals surface area (Å²) in [5.41, 5.74) is 4.01. The van der Waals surface area contributed by atoms with Crippen LogP contribution in [0.25, 0.3) is 10.6 Å². The van der Waals surface area contributed by atoms with E-state index < -0.39 is 0 Å². The van der Waals surface area contributed by atoms with E-state index in [2.05, 4.69) is 36.3 Å². The topological polar surface area (TPSA) is 42.0 Å². The van der Waals surface area contributed by atoms with E-state index in [1.54, 1.807) is 11.3 Å². The van der Waals surface area contributed by atoms with Gasteiger partial charge in [0, 0.05) is 16.6 Å². The number of thiazole rings is 1. The molecule has 3 nitrogen and oxygen atoms in total. The molecule has 128 valence electrons. The molecule has 1 aromatic heterocycles. The van der Waals surface area contributed by atoms with E-state index in [1.165, 1.54) is 5.56 Å². The number of carbonyl (C=O) groups excluding carboxylic acids is 1. The predicted octanol–water partition coefficient (Wildman–Crippen LogP) is 5.50. The van der Waals surface area contributed by atoms with Crippen LogP contribution in [0.4, 0.5) is 5.69 Å². The van der Waals surface area contributed by atoms with Crippen LogP contribution in [0.15, 0.2) is 60.0 Å². The molecule has 1 atom stereocenters. The zero-order chi connectivity index (χ0) is 17.6. The Balaban J connectivity index is 1.60. The number of aromatic nitrogens is 1. The van der Waals surface area contributed by atoms with E-state index in [4.69, 9.17) is 0 Å². The van der Waals surface area contributed by atoms with Crippen molar-refractivity contribution in [2.45, 2.75) is 32.6 Å². The average molecular weight is 350 g/mol. The zero-order valence-corrected chi connectivity index (χ0v) is 15.3. The van der Waals surface area contributed by atoms with Gasteiger partial charge in [0.05, 0.1) is 12.1 Å². The van der Waals surface area contributed by atoms with Crippen LogP contribution in [0.2, 0.25) is 0 Å². The molecule has 4 heteroatoms. The molecule has 3 aromatic rings. The number of benzene rings is 2. The van der Waals surface area contributed by atoms with Gasteiger partial charge in [0.2, 0.25) is 5.91 Å². The van der Waals surface area contributed by atoms with Crippen LogP contribution in [-0.4, -0.2) is 10.9 Å². The fourth-order valence-corrected chi connectivity index (χ4v) is 3.43. The molecule has 0 aliphatic heterocycles. The summed E-state index contributed by atoms with van der Waals surface area (Å²) in [5, 5.41) is 5.85. The number of nitrogens with zero attached hydrogens (tertiary/aromatic N) is 1. The number of nitrogens with one attached hydrogen (secondary N) is 1. The standard InChI is InChI=1S/C21H22N2OS/c1-3-15(2)16-9-11-18(12-10-16)22-20(24)13-19-14-25-21(23-19)17-7-5-4-6-8-17/h4-12,14-15H,3,13H2,1-2H3,(H,22,24)/t15-/m0/s1. The van der Waals surface area contributed by atoms with Crippen LogP contribution >= 0.6 is 11.3 Å². The highest BCUT2D eigenvalue weighted by Crippen LogP contribution is 2.24. The molecule has 0 aliphatic rings. The van der Waals surface area contributed by atoms with Crippen LogP contribution in [0.1, 0.15) is 37.4 Å². The molecule has 25 heavy (non-hydrogen) atoms. The molecule has 0 bridgehead atoms. The van der Waals surface area contributed by atoms with Crippen molar-refractivity contribution < 1.29 is 4.79 Å². The molecule has 2 aromatic carbocycles. The van der Waals surface area contributed by atoms with Crippen molar-refractivity contribution in [3.63, 3.8) is 0 Å². The minimum Gasteiger partial charge on any atom is -0.326 e. The second kappa shape index (κ2) is 8.08. The first-order chi connectivity index (χ1) is 12.2. The van der Waals surface area contributed by atoms with Crippen LogP contribution in [0.5, 0.6) is 0 Å². The Morgan fingerprint density at radius 1 is 1.12 bits per heavy atom. The lowest BCUT2D eigenvalue weighted by molar-refractivity contribution is -0.115. The van der Waals surface area contributed by atoms with Gasteiger partial charge < -0.3 is 5.32 Å². The predicted molar refractivity (Wildman–Crippen MR) is 105 cm³/mol. The van der Waals surface area contributed by atoms with E-state index in [1.807, 2.05) is 47.8 Å². The molecule has 1 N–H and O–H groups in total. The molecule has 1 amide bonds. The number of amides is 1. The molecule has 0 saturated carbocycles. The molecule has 0 aliphatic carbocycles. The molecule has 0 unspecified atom stereocenters. The summed E-state index contributed by atoms with van der Waals surface area (Å²) in [7, 11) is 0. The summed E-state index contributed by atoms with van der Waals surface area (Å²) in [4.78, 5) is 16.8.